The fraction of sp³-hybridized carbons (Fsp3) is 0.125. The van der Waals surface area contributed by atoms with Gasteiger partial charge >= 0.3 is 0 Å². The van der Waals surface area contributed by atoms with Crippen molar-refractivity contribution in [2.24, 2.45) is 14.1 Å². The molecule has 0 aliphatic rings. The summed E-state index contributed by atoms with van der Waals surface area (Å²) < 4.78 is 3.20. The fourth-order valence-corrected chi connectivity index (χ4v) is 4.02. The minimum atomic E-state index is -0.322. The van der Waals surface area contributed by atoms with Gasteiger partial charge in [0, 0.05) is 25.2 Å². The zero-order chi connectivity index (χ0) is 23.1. The minimum Gasteiger partial charge on any atom is -0.291 e. The Morgan fingerprint density at radius 3 is 2.42 bits per heavy atom. The highest BCUT2D eigenvalue weighted by Gasteiger charge is 2.21. The van der Waals surface area contributed by atoms with E-state index in [1.807, 2.05) is 62.5 Å². The lowest BCUT2D eigenvalue weighted by Crippen LogP contribution is -2.16. The maximum Gasteiger partial charge on any atom is 0.258 e. The number of aromatic nitrogens is 6. The van der Waals surface area contributed by atoms with Crippen LogP contribution in [0.3, 0.4) is 0 Å². The summed E-state index contributed by atoms with van der Waals surface area (Å²) in [6.45, 7) is 1.86. The molecule has 164 valence electrons. The molecule has 9 heteroatoms. The van der Waals surface area contributed by atoms with Crippen LogP contribution >= 0.6 is 11.6 Å². The van der Waals surface area contributed by atoms with E-state index in [9.17, 15) is 4.79 Å². The Hall–Kier alpha value is -4.04. The van der Waals surface area contributed by atoms with Gasteiger partial charge in [-0.25, -0.2) is 9.67 Å². The molecule has 3 aromatic heterocycles. The van der Waals surface area contributed by atoms with Crippen LogP contribution in [0.15, 0.2) is 60.7 Å². The number of halogens is 1. The lowest BCUT2D eigenvalue weighted by molar-refractivity contribution is 0.102. The van der Waals surface area contributed by atoms with Gasteiger partial charge in [-0.15, -0.1) is 5.10 Å². The van der Waals surface area contributed by atoms with E-state index in [1.54, 1.807) is 23.9 Å². The van der Waals surface area contributed by atoms with Gasteiger partial charge in [0.1, 0.15) is 0 Å². The first kappa shape index (κ1) is 20.8. The third-order valence-electron chi connectivity index (χ3n) is 5.39. The monoisotopic (exact) mass is 457 g/mol. The highest BCUT2D eigenvalue weighted by molar-refractivity contribution is 6.33. The Bertz CT molecular complexity index is 1500. The molecule has 0 aliphatic carbocycles. The number of rotatable bonds is 4. The second-order valence-electron chi connectivity index (χ2n) is 7.65. The predicted octanol–water partition coefficient (Wildman–Crippen LogP) is 4.64. The normalized spacial score (nSPS) is 11.2. The Kier molecular flexibility index (Phi) is 5.14. The maximum absolute atomic E-state index is 13.5. The first-order chi connectivity index (χ1) is 15.9. The highest BCUT2D eigenvalue weighted by Crippen LogP contribution is 2.28. The Labute approximate surface area is 194 Å². The predicted molar refractivity (Wildman–Crippen MR) is 128 cm³/mol. The number of aryl methyl sites for hydroxylation is 3. The van der Waals surface area contributed by atoms with Gasteiger partial charge in [0.15, 0.2) is 11.5 Å². The summed E-state index contributed by atoms with van der Waals surface area (Å²) in [6, 6.07) is 18.8. The molecule has 5 rings (SSSR count). The van der Waals surface area contributed by atoms with Crippen molar-refractivity contribution in [2.75, 3.05) is 5.32 Å². The standard InChI is InChI=1S/C24H20ClN7O/c1-14-20-17(13-19(15-9-5-4-6-10-15)26-22(20)31(2)29-14)23(33)28-24-27-21(30-32(24)3)16-11-7-8-12-18(16)25/h4-13H,1-3H3,(H,27,28,30,33). The van der Waals surface area contributed by atoms with Crippen LogP contribution in [0.5, 0.6) is 0 Å². The van der Waals surface area contributed by atoms with Crippen LogP contribution in [0.25, 0.3) is 33.7 Å². The average molecular weight is 458 g/mol. The molecular formula is C24H20ClN7O. The van der Waals surface area contributed by atoms with E-state index in [1.165, 1.54) is 4.68 Å². The number of benzene rings is 2. The van der Waals surface area contributed by atoms with E-state index in [0.29, 0.717) is 44.6 Å². The number of anilines is 1. The third kappa shape index (κ3) is 3.74. The molecule has 0 bridgehead atoms. The van der Waals surface area contributed by atoms with Crippen LogP contribution in [0, 0.1) is 6.92 Å². The van der Waals surface area contributed by atoms with Gasteiger partial charge in [-0.2, -0.15) is 10.1 Å². The summed E-state index contributed by atoms with van der Waals surface area (Å²) in [5, 5.41) is 13.0. The molecule has 3 heterocycles. The quantitative estimate of drug-likeness (QED) is 0.424. The molecule has 33 heavy (non-hydrogen) atoms. The number of nitrogens with one attached hydrogen (secondary N) is 1. The summed E-state index contributed by atoms with van der Waals surface area (Å²) >= 11 is 6.29. The Morgan fingerprint density at radius 1 is 0.939 bits per heavy atom. The van der Waals surface area contributed by atoms with Crippen molar-refractivity contribution in [1.82, 2.24) is 29.5 Å². The molecule has 1 amide bonds. The molecule has 1 N–H and O–H groups in total. The number of carbonyl (C=O) groups excluding carboxylic acids is 1. The van der Waals surface area contributed by atoms with E-state index in [4.69, 9.17) is 16.6 Å². The zero-order valence-electron chi connectivity index (χ0n) is 18.2. The van der Waals surface area contributed by atoms with E-state index in [0.717, 1.165) is 11.3 Å². The van der Waals surface area contributed by atoms with Crippen LogP contribution in [-0.4, -0.2) is 35.4 Å². The third-order valence-corrected chi connectivity index (χ3v) is 5.72. The van der Waals surface area contributed by atoms with Crippen molar-refractivity contribution in [1.29, 1.82) is 0 Å². The minimum absolute atomic E-state index is 0.308. The lowest BCUT2D eigenvalue weighted by Gasteiger charge is -2.09. The summed E-state index contributed by atoms with van der Waals surface area (Å²) in [7, 11) is 3.53. The second kappa shape index (κ2) is 8.14. The Balaban J connectivity index is 1.57. The largest absolute Gasteiger partial charge is 0.291 e. The number of pyridine rings is 1. The number of hydrogen-bond acceptors (Lipinski definition) is 5. The highest BCUT2D eigenvalue weighted by atomic mass is 35.5. The molecule has 0 saturated carbocycles. The summed E-state index contributed by atoms with van der Waals surface area (Å²) in [5.74, 6) is 0.417. The molecule has 0 unspecified atom stereocenters. The van der Waals surface area contributed by atoms with Crippen molar-refractivity contribution in [3.8, 4) is 22.6 Å². The molecule has 0 aliphatic heterocycles. The molecule has 0 radical (unpaired) electrons. The van der Waals surface area contributed by atoms with Gasteiger partial charge in [0.25, 0.3) is 5.91 Å². The van der Waals surface area contributed by atoms with Gasteiger partial charge in [0.05, 0.1) is 27.4 Å². The summed E-state index contributed by atoms with van der Waals surface area (Å²) in [6.07, 6.45) is 0. The second-order valence-corrected chi connectivity index (χ2v) is 8.05. The van der Waals surface area contributed by atoms with Crippen molar-refractivity contribution < 1.29 is 4.79 Å². The molecule has 0 spiro atoms. The molecule has 0 fully saturated rings. The van der Waals surface area contributed by atoms with Crippen molar-refractivity contribution >= 4 is 34.5 Å². The number of nitrogens with zero attached hydrogens (tertiary/aromatic N) is 6. The van der Waals surface area contributed by atoms with Gasteiger partial charge in [0.2, 0.25) is 5.95 Å². The number of hydrogen-bond donors (Lipinski definition) is 1. The molecule has 5 aromatic rings. The Morgan fingerprint density at radius 2 is 1.67 bits per heavy atom. The average Bonchev–Trinajstić information content (AvgIpc) is 3.32. The number of carbonyl (C=O) groups is 1. The molecule has 8 nitrogen and oxygen atoms in total. The molecular weight excluding hydrogens is 438 g/mol. The van der Waals surface area contributed by atoms with Crippen LogP contribution < -0.4 is 5.32 Å². The molecule has 0 atom stereocenters. The van der Waals surface area contributed by atoms with Gasteiger partial charge in [-0.05, 0) is 25.1 Å². The zero-order valence-corrected chi connectivity index (χ0v) is 19.0. The van der Waals surface area contributed by atoms with Gasteiger partial charge in [-0.3, -0.25) is 14.8 Å². The molecule has 2 aromatic carbocycles. The lowest BCUT2D eigenvalue weighted by atomic mass is 10.1. The smallest absolute Gasteiger partial charge is 0.258 e. The first-order valence-corrected chi connectivity index (χ1v) is 10.7. The fourth-order valence-electron chi connectivity index (χ4n) is 3.80. The van der Waals surface area contributed by atoms with E-state index in [-0.39, 0.29) is 5.91 Å². The van der Waals surface area contributed by atoms with Gasteiger partial charge < -0.3 is 0 Å². The van der Waals surface area contributed by atoms with E-state index >= 15 is 0 Å². The van der Waals surface area contributed by atoms with Gasteiger partial charge in [-0.1, -0.05) is 54.1 Å². The SMILES string of the molecule is Cc1nn(C)c2nc(-c3ccccc3)cc(C(=O)Nc3nc(-c4ccccc4Cl)nn3C)c12. The van der Waals surface area contributed by atoms with Crippen molar-refractivity contribution in [3.05, 3.63) is 76.9 Å². The number of fused-ring (bicyclic) bond motifs is 1. The summed E-state index contributed by atoms with van der Waals surface area (Å²) in [5.41, 5.74) is 4.11. The number of amides is 1. The molecule has 0 saturated heterocycles. The first-order valence-electron chi connectivity index (χ1n) is 10.3. The van der Waals surface area contributed by atoms with Crippen molar-refractivity contribution in [2.45, 2.75) is 6.92 Å². The van der Waals surface area contributed by atoms with Crippen molar-refractivity contribution in [3.63, 3.8) is 0 Å². The van der Waals surface area contributed by atoms with Crippen LogP contribution in [0.2, 0.25) is 5.02 Å². The van der Waals surface area contributed by atoms with Crippen LogP contribution in [-0.2, 0) is 14.1 Å². The van der Waals surface area contributed by atoms with Crippen LogP contribution in [0.4, 0.5) is 5.95 Å². The summed E-state index contributed by atoms with van der Waals surface area (Å²) in [4.78, 5) is 22.7. The maximum atomic E-state index is 13.5. The van der Waals surface area contributed by atoms with E-state index < -0.39 is 0 Å². The van der Waals surface area contributed by atoms with E-state index in [2.05, 4.69) is 20.5 Å². The van der Waals surface area contributed by atoms with Crippen LogP contribution in [0.1, 0.15) is 16.1 Å². The topological polar surface area (TPSA) is 90.5 Å².